The highest BCUT2D eigenvalue weighted by Gasteiger charge is 2.16. The smallest absolute Gasteiger partial charge is 0.166 e. The lowest BCUT2D eigenvalue weighted by atomic mass is 10.1. The van der Waals surface area contributed by atoms with Gasteiger partial charge >= 0.3 is 0 Å². The fraction of sp³-hybridized carbons (Fsp3) is 0.0588. The van der Waals surface area contributed by atoms with Crippen molar-refractivity contribution in [3.05, 3.63) is 71.9 Å². The van der Waals surface area contributed by atoms with E-state index in [2.05, 4.69) is 11.2 Å². The lowest BCUT2D eigenvalue weighted by Crippen LogP contribution is -1.99. The van der Waals surface area contributed by atoms with Crippen molar-refractivity contribution in [3.8, 4) is 23.0 Å². The van der Waals surface area contributed by atoms with E-state index in [-0.39, 0.29) is 0 Å². The minimum atomic E-state index is 0.465. The molecule has 0 N–H and O–H groups in total. The zero-order chi connectivity index (χ0) is 13.9. The molecule has 20 heavy (non-hydrogen) atoms. The molecule has 0 saturated carbocycles. The van der Waals surface area contributed by atoms with Crippen LogP contribution in [0.4, 0.5) is 0 Å². The zero-order valence-electron chi connectivity index (χ0n) is 11.1. The number of nitrogens with zero attached hydrogens (tertiary/aromatic N) is 3. The van der Waals surface area contributed by atoms with E-state index < -0.39 is 0 Å². The van der Waals surface area contributed by atoms with Crippen molar-refractivity contribution in [3.63, 3.8) is 0 Å². The maximum atomic E-state index is 9.22. The summed E-state index contributed by atoms with van der Waals surface area (Å²) in [4.78, 5) is 0. The fourth-order valence-electron chi connectivity index (χ4n) is 2.29. The second-order valence-electron chi connectivity index (χ2n) is 4.55. The molecule has 3 heteroatoms. The molecule has 1 aromatic heterocycles. The number of aromatic nitrogens is 2. The van der Waals surface area contributed by atoms with Gasteiger partial charge in [0.2, 0.25) is 0 Å². The molecule has 3 aromatic rings. The van der Waals surface area contributed by atoms with E-state index in [4.69, 9.17) is 0 Å². The SMILES string of the molecule is Cc1c(C#N)nn(-c2ccccc2)c1-c1ccccc1. The molecule has 96 valence electrons. The fourth-order valence-corrected chi connectivity index (χ4v) is 2.29. The Kier molecular flexibility index (Phi) is 3.06. The van der Waals surface area contributed by atoms with E-state index in [0.717, 1.165) is 22.5 Å². The van der Waals surface area contributed by atoms with Gasteiger partial charge in [0.25, 0.3) is 0 Å². The summed E-state index contributed by atoms with van der Waals surface area (Å²) in [5.74, 6) is 0. The van der Waals surface area contributed by atoms with Crippen molar-refractivity contribution in [2.45, 2.75) is 6.92 Å². The predicted molar refractivity (Wildman–Crippen MR) is 78.5 cm³/mol. The summed E-state index contributed by atoms with van der Waals surface area (Å²) in [6.07, 6.45) is 0. The molecule has 0 aliphatic rings. The van der Waals surface area contributed by atoms with Crippen molar-refractivity contribution in [1.29, 1.82) is 5.26 Å². The van der Waals surface area contributed by atoms with E-state index in [1.165, 1.54) is 0 Å². The Labute approximate surface area is 117 Å². The van der Waals surface area contributed by atoms with Gasteiger partial charge in [-0.25, -0.2) is 4.68 Å². The first-order chi connectivity index (χ1) is 9.81. The number of hydrogen-bond donors (Lipinski definition) is 0. The minimum Gasteiger partial charge on any atom is -0.231 e. The van der Waals surface area contributed by atoms with Crippen molar-refractivity contribution >= 4 is 0 Å². The molecule has 2 aromatic carbocycles. The number of nitriles is 1. The predicted octanol–water partition coefficient (Wildman–Crippen LogP) is 3.72. The molecule has 0 bridgehead atoms. The summed E-state index contributed by atoms with van der Waals surface area (Å²) in [6.45, 7) is 1.94. The summed E-state index contributed by atoms with van der Waals surface area (Å²) in [5, 5.41) is 13.7. The zero-order valence-corrected chi connectivity index (χ0v) is 11.1. The van der Waals surface area contributed by atoms with Gasteiger partial charge in [-0.2, -0.15) is 10.4 Å². The average Bonchev–Trinajstić information content (AvgIpc) is 2.86. The molecule has 0 radical (unpaired) electrons. The van der Waals surface area contributed by atoms with Crippen LogP contribution in [-0.4, -0.2) is 9.78 Å². The Hall–Kier alpha value is -2.86. The Balaban J connectivity index is 2.28. The molecule has 0 unspecified atom stereocenters. The molecule has 0 fully saturated rings. The van der Waals surface area contributed by atoms with Gasteiger partial charge in [-0.15, -0.1) is 0 Å². The second kappa shape index (κ2) is 5.02. The Morgan fingerprint density at radius 2 is 1.55 bits per heavy atom. The molecule has 0 aliphatic heterocycles. The largest absolute Gasteiger partial charge is 0.231 e. The van der Waals surface area contributed by atoms with Gasteiger partial charge in [0.1, 0.15) is 6.07 Å². The van der Waals surface area contributed by atoms with Gasteiger partial charge in [0.05, 0.1) is 11.4 Å². The molecule has 0 aliphatic carbocycles. The summed E-state index contributed by atoms with van der Waals surface area (Å²) in [6, 6.07) is 22.1. The molecule has 1 heterocycles. The van der Waals surface area contributed by atoms with E-state index in [9.17, 15) is 5.26 Å². The summed E-state index contributed by atoms with van der Waals surface area (Å²) in [7, 11) is 0. The van der Waals surface area contributed by atoms with Crippen molar-refractivity contribution in [1.82, 2.24) is 9.78 Å². The third-order valence-corrected chi connectivity index (χ3v) is 3.28. The average molecular weight is 259 g/mol. The van der Waals surface area contributed by atoms with Crippen LogP contribution >= 0.6 is 0 Å². The van der Waals surface area contributed by atoms with Gasteiger partial charge in [-0.3, -0.25) is 0 Å². The van der Waals surface area contributed by atoms with E-state index in [1.807, 2.05) is 72.3 Å². The van der Waals surface area contributed by atoms with Crippen LogP contribution in [0, 0.1) is 18.3 Å². The van der Waals surface area contributed by atoms with Crippen molar-refractivity contribution < 1.29 is 0 Å². The highest BCUT2D eigenvalue weighted by Crippen LogP contribution is 2.28. The van der Waals surface area contributed by atoms with Gasteiger partial charge in [-0.1, -0.05) is 48.5 Å². The van der Waals surface area contributed by atoms with Gasteiger partial charge in [-0.05, 0) is 19.1 Å². The quantitative estimate of drug-likeness (QED) is 0.703. The molecule has 0 spiro atoms. The Morgan fingerprint density at radius 1 is 0.950 bits per heavy atom. The molecule has 3 rings (SSSR count). The minimum absolute atomic E-state index is 0.465. The number of benzene rings is 2. The molecule has 3 nitrogen and oxygen atoms in total. The molecule has 0 amide bonds. The maximum Gasteiger partial charge on any atom is 0.166 e. The monoisotopic (exact) mass is 259 g/mol. The van der Waals surface area contributed by atoms with Crippen molar-refractivity contribution in [2.24, 2.45) is 0 Å². The van der Waals surface area contributed by atoms with E-state index in [0.29, 0.717) is 5.69 Å². The van der Waals surface area contributed by atoms with Crippen LogP contribution < -0.4 is 0 Å². The third kappa shape index (κ3) is 1.98. The van der Waals surface area contributed by atoms with Gasteiger partial charge < -0.3 is 0 Å². The lowest BCUT2D eigenvalue weighted by Gasteiger charge is -2.08. The first-order valence-corrected chi connectivity index (χ1v) is 6.42. The first kappa shape index (κ1) is 12.2. The van der Waals surface area contributed by atoms with E-state index in [1.54, 1.807) is 0 Å². The van der Waals surface area contributed by atoms with Gasteiger partial charge in [0, 0.05) is 11.1 Å². The molecule has 0 saturated heterocycles. The van der Waals surface area contributed by atoms with Crippen LogP contribution in [0.25, 0.3) is 16.9 Å². The maximum absolute atomic E-state index is 9.22. The summed E-state index contributed by atoms with van der Waals surface area (Å²) < 4.78 is 1.84. The van der Waals surface area contributed by atoms with Crippen LogP contribution in [0.2, 0.25) is 0 Å². The highest BCUT2D eigenvalue weighted by atomic mass is 15.3. The molecular formula is C17H13N3. The number of para-hydroxylation sites is 1. The molecular weight excluding hydrogens is 246 g/mol. The Bertz CT molecular complexity index is 765. The highest BCUT2D eigenvalue weighted by molar-refractivity contribution is 5.67. The Morgan fingerprint density at radius 3 is 2.15 bits per heavy atom. The lowest BCUT2D eigenvalue weighted by molar-refractivity contribution is 0.880. The van der Waals surface area contributed by atoms with Crippen LogP contribution in [-0.2, 0) is 0 Å². The molecule has 0 atom stereocenters. The topological polar surface area (TPSA) is 41.6 Å². The van der Waals surface area contributed by atoms with Crippen molar-refractivity contribution in [2.75, 3.05) is 0 Å². The van der Waals surface area contributed by atoms with Crippen LogP contribution in [0.15, 0.2) is 60.7 Å². The van der Waals surface area contributed by atoms with Gasteiger partial charge in [0.15, 0.2) is 5.69 Å². The van der Waals surface area contributed by atoms with Crippen LogP contribution in [0.5, 0.6) is 0 Å². The number of rotatable bonds is 2. The number of hydrogen-bond acceptors (Lipinski definition) is 2. The standard InChI is InChI=1S/C17H13N3/c1-13-16(12-18)19-20(15-10-6-3-7-11-15)17(13)14-8-4-2-5-9-14/h2-11H,1H3. The third-order valence-electron chi connectivity index (χ3n) is 3.28. The van der Waals surface area contributed by atoms with Crippen LogP contribution in [0.1, 0.15) is 11.3 Å². The second-order valence-corrected chi connectivity index (χ2v) is 4.55. The first-order valence-electron chi connectivity index (χ1n) is 6.42. The van der Waals surface area contributed by atoms with Crippen LogP contribution in [0.3, 0.4) is 0 Å². The summed E-state index contributed by atoms with van der Waals surface area (Å²) >= 11 is 0. The summed E-state index contributed by atoms with van der Waals surface area (Å²) in [5.41, 5.74) is 4.35. The normalized spacial score (nSPS) is 10.2. The van der Waals surface area contributed by atoms with E-state index >= 15 is 0 Å².